The third kappa shape index (κ3) is 2.25. The lowest BCUT2D eigenvalue weighted by Crippen LogP contribution is -2.49. The summed E-state index contributed by atoms with van der Waals surface area (Å²) in [5.74, 6) is -0.677. The maximum absolute atomic E-state index is 14.0. The molecule has 1 saturated heterocycles. The molecule has 2 aliphatic rings. The summed E-state index contributed by atoms with van der Waals surface area (Å²) >= 11 is 0. The molecule has 0 bridgehead atoms. The first-order valence-corrected chi connectivity index (χ1v) is 6.84. The average Bonchev–Trinajstić information content (AvgIpc) is 2.88. The molecule has 1 spiro atoms. The van der Waals surface area contributed by atoms with E-state index in [4.69, 9.17) is 9.47 Å². The molecular formula is C15H18FNO2. The second kappa shape index (κ2) is 4.93. The standard InChI is InChI=1S/C15H18FNO2/c1-2-11-5-7-12(8-6-11)14-17-10-15(19-14)13(16)4-3-9-18-15/h5-8,13H,2-4,9-10H2,1H3. The van der Waals surface area contributed by atoms with Crippen molar-refractivity contribution in [1.29, 1.82) is 0 Å². The van der Waals surface area contributed by atoms with E-state index >= 15 is 0 Å². The molecular weight excluding hydrogens is 245 g/mol. The zero-order valence-corrected chi connectivity index (χ0v) is 11.1. The number of halogens is 1. The van der Waals surface area contributed by atoms with Crippen molar-refractivity contribution in [2.75, 3.05) is 13.2 Å². The molecule has 1 aromatic carbocycles. The molecule has 0 saturated carbocycles. The van der Waals surface area contributed by atoms with Crippen LogP contribution in [0.15, 0.2) is 29.3 Å². The van der Waals surface area contributed by atoms with E-state index in [9.17, 15) is 4.39 Å². The summed E-state index contributed by atoms with van der Waals surface area (Å²) in [5.41, 5.74) is 2.14. The molecule has 0 N–H and O–H groups in total. The van der Waals surface area contributed by atoms with Crippen molar-refractivity contribution in [3.63, 3.8) is 0 Å². The predicted molar refractivity (Wildman–Crippen MR) is 71.1 cm³/mol. The predicted octanol–water partition coefficient (Wildman–Crippen LogP) is 2.87. The maximum atomic E-state index is 14.0. The Balaban J connectivity index is 1.77. The van der Waals surface area contributed by atoms with Crippen molar-refractivity contribution in [2.24, 2.45) is 4.99 Å². The van der Waals surface area contributed by atoms with Crippen molar-refractivity contribution < 1.29 is 13.9 Å². The largest absolute Gasteiger partial charge is 0.440 e. The molecule has 0 amide bonds. The Morgan fingerprint density at radius 1 is 1.37 bits per heavy atom. The minimum Gasteiger partial charge on any atom is -0.440 e. The summed E-state index contributed by atoms with van der Waals surface area (Å²) < 4.78 is 25.3. The van der Waals surface area contributed by atoms with E-state index in [1.807, 2.05) is 24.3 Å². The second-order valence-corrected chi connectivity index (χ2v) is 5.04. The monoisotopic (exact) mass is 263 g/mol. The van der Waals surface area contributed by atoms with Gasteiger partial charge < -0.3 is 9.47 Å². The zero-order valence-electron chi connectivity index (χ0n) is 11.1. The van der Waals surface area contributed by atoms with Crippen LogP contribution in [0.2, 0.25) is 0 Å². The number of ether oxygens (including phenoxy) is 2. The highest BCUT2D eigenvalue weighted by Crippen LogP contribution is 2.34. The van der Waals surface area contributed by atoms with Gasteiger partial charge in [0, 0.05) is 5.56 Å². The number of nitrogens with zero attached hydrogens (tertiary/aromatic N) is 1. The molecule has 0 aliphatic carbocycles. The molecule has 3 rings (SSSR count). The van der Waals surface area contributed by atoms with Crippen LogP contribution in [0, 0.1) is 0 Å². The Kier molecular flexibility index (Phi) is 3.27. The van der Waals surface area contributed by atoms with Crippen LogP contribution in [0.4, 0.5) is 4.39 Å². The number of aliphatic imine (C=N–C) groups is 1. The van der Waals surface area contributed by atoms with Gasteiger partial charge in [-0.25, -0.2) is 9.38 Å². The lowest BCUT2D eigenvalue weighted by Gasteiger charge is -2.35. The molecule has 19 heavy (non-hydrogen) atoms. The molecule has 2 unspecified atom stereocenters. The van der Waals surface area contributed by atoms with Gasteiger partial charge in [0.25, 0.3) is 5.79 Å². The minimum atomic E-state index is -1.17. The third-order valence-corrected chi connectivity index (χ3v) is 3.75. The van der Waals surface area contributed by atoms with Crippen LogP contribution >= 0.6 is 0 Å². The van der Waals surface area contributed by atoms with Gasteiger partial charge in [0.05, 0.1) is 6.61 Å². The molecule has 3 nitrogen and oxygen atoms in total. The maximum Gasteiger partial charge on any atom is 0.263 e. The smallest absolute Gasteiger partial charge is 0.263 e. The van der Waals surface area contributed by atoms with E-state index in [0.29, 0.717) is 18.9 Å². The summed E-state index contributed by atoms with van der Waals surface area (Å²) in [4.78, 5) is 4.32. The van der Waals surface area contributed by atoms with Gasteiger partial charge in [0.1, 0.15) is 6.54 Å². The minimum absolute atomic E-state index is 0.249. The molecule has 0 radical (unpaired) electrons. The summed E-state index contributed by atoms with van der Waals surface area (Å²) in [6, 6.07) is 8.02. The first kappa shape index (κ1) is 12.6. The number of aryl methyl sites for hydroxylation is 1. The van der Waals surface area contributed by atoms with Crippen LogP contribution in [0.1, 0.15) is 30.9 Å². The van der Waals surface area contributed by atoms with Gasteiger partial charge in [0.2, 0.25) is 5.90 Å². The molecule has 4 heteroatoms. The second-order valence-electron chi connectivity index (χ2n) is 5.04. The van der Waals surface area contributed by atoms with E-state index in [0.717, 1.165) is 18.4 Å². The number of hydrogen-bond donors (Lipinski definition) is 0. The molecule has 0 aromatic heterocycles. The summed E-state index contributed by atoms with van der Waals surface area (Å²) in [6.45, 7) is 2.90. The van der Waals surface area contributed by atoms with Gasteiger partial charge in [-0.2, -0.15) is 0 Å². The molecule has 2 heterocycles. The molecule has 2 atom stereocenters. The number of hydrogen-bond acceptors (Lipinski definition) is 3. The van der Waals surface area contributed by atoms with Gasteiger partial charge in [0.15, 0.2) is 6.17 Å². The highest BCUT2D eigenvalue weighted by Gasteiger charge is 2.49. The summed E-state index contributed by atoms with van der Waals surface area (Å²) in [5, 5.41) is 0. The highest BCUT2D eigenvalue weighted by molar-refractivity contribution is 5.95. The van der Waals surface area contributed by atoms with Crippen molar-refractivity contribution >= 4 is 5.90 Å². The van der Waals surface area contributed by atoms with Crippen LogP contribution in [0.5, 0.6) is 0 Å². The fraction of sp³-hybridized carbons (Fsp3) is 0.533. The van der Waals surface area contributed by atoms with Crippen LogP contribution in [-0.4, -0.2) is 31.0 Å². The first-order chi connectivity index (χ1) is 9.23. The number of rotatable bonds is 2. The quantitative estimate of drug-likeness (QED) is 0.821. The molecule has 2 aliphatic heterocycles. The Morgan fingerprint density at radius 3 is 2.84 bits per heavy atom. The highest BCUT2D eigenvalue weighted by atomic mass is 19.1. The van der Waals surface area contributed by atoms with Gasteiger partial charge in [-0.3, -0.25) is 0 Å². The number of alkyl halides is 1. The lowest BCUT2D eigenvalue weighted by atomic mass is 10.0. The number of benzene rings is 1. The van der Waals surface area contributed by atoms with Crippen molar-refractivity contribution in [2.45, 2.75) is 38.1 Å². The van der Waals surface area contributed by atoms with Crippen LogP contribution in [0.3, 0.4) is 0 Å². The normalized spacial score (nSPS) is 30.2. The first-order valence-electron chi connectivity index (χ1n) is 6.84. The van der Waals surface area contributed by atoms with Gasteiger partial charge in [-0.05, 0) is 37.0 Å². The van der Waals surface area contributed by atoms with E-state index in [2.05, 4.69) is 11.9 Å². The molecule has 102 valence electrons. The Morgan fingerprint density at radius 2 is 2.16 bits per heavy atom. The SMILES string of the molecule is CCc1ccc(C2=NCC3(OCCCC3F)O2)cc1. The van der Waals surface area contributed by atoms with Crippen molar-refractivity contribution in [3.05, 3.63) is 35.4 Å². The Hall–Kier alpha value is -1.42. The van der Waals surface area contributed by atoms with Gasteiger partial charge in [-0.1, -0.05) is 19.1 Å². The topological polar surface area (TPSA) is 30.8 Å². The van der Waals surface area contributed by atoms with Crippen molar-refractivity contribution in [1.82, 2.24) is 0 Å². The third-order valence-electron chi connectivity index (χ3n) is 3.75. The zero-order chi connectivity index (χ0) is 13.3. The van der Waals surface area contributed by atoms with Crippen molar-refractivity contribution in [3.8, 4) is 0 Å². The fourth-order valence-corrected chi connectivity index (χ4v) is 2.50. The van der Waals surface area contributed by atoms with E-state index in [1.54, 1.807) is 0 Å². The molecule has 1 aromatic rings. The van der Waals surface area contributed by atoms with Crippen LogP contribution in [0.25, 0.3) is 0 Å². The van der Waals surface area contributed by atoms with E-state index in [-0.39, 0.29) is 6.54 Å². The summed E-state index contributed by atoms with van der Waals surface area (Å²) in [6.07, 6.45) is 1.12. The van der Waals surface area contributed by atoms with Gasteiger partial charge in [-0.15, -0.1) is 0 Å². The Labute approximate surface area is 112 Å². The Bertz CT molecular complexity index is 485. The van der Waals surface area contributed by atoms with Crippen LogP contribution < -0.4 is 0 Å². The van der Waals surface area contributed by atoms with E-state index < -0.39 is 12.0 Å². The average molecular weight is 263 g/mol. The van der Waals surface area contributed by atoms with E-state index in [1.165, 1.54) is 5.56 Å². The summed E-state index contributed by atoms with van der Waals surface area (Å²) in [7, 11) is 0. The molecule has 1 fully saturated rings. The lowest BCUT2D eigenvalue weighted by molar-refractivity contribution is -0.232. The van der Waals surface area contributed by atoms with Crippen LogP contribution in [-0.2, 0) is 15.9 Å². The fourth-order valence-electron chi connectivity index (χ4n) is 2.50. The van der Waals surface area contributed by atoms with Gasteiger partial charge >= 0.3 is 0 Å².